The number of hydrogen-bond donors (Lipinski definition) is 0. The zero-order valence-electron chi connectivity index (χ0n) is 15.7. The van der Waals surface area contributed by atoms with E-state index in [9.17, 15) is 0 Å². The van der Waals surface area contributed by atoms with Gasteiger partial charge in [-0.1, -0.05) is 67.4 Å². The van der Waals surface area contributed by atoms with E-state index in [1.807, 2.05) is 60.7 Å². The number of benzene rings is 3. The maximum absolute atomic E-state index is 6.41. The largest absolute Gasteiger partial charge is 0.457 e. The first-order valence-corrected chi connectivity index (χ1v) is 9.97. The van der Waals surface area contributed by atoms with E-state index in [0.717, 1.165) is 46.4 Å². The molecule has 0 atom stereocenters. The van der Waals surface area contributed by atoms with Gasteiger partial charge < -0.3 is 4.74 Å². The van der Waals surface area contributed by atoms with Crippen LogP contribution in [0.15, 0.2) is 72.8 Å². The van der Waals surface area contributed by atoms with Gasteiger partial charge in [-0.05, 0) is 78.3 Å². The van der Waals surface area contributed by atoms with Crippen molar-refractivity contribution in [3.05, 3.63) is 94.0 Å². The van der Waals surface area contributed by atoms with Crippen LogP contribution in [0.2, 0.25) is 10.0 Å². The second kappa shape index (κ2) is 8.82. The summed E-state index contributed by atoms with van der Waals surface area (Å²) in [7, 11) is 0. The minimum Gasteiger partial charge on any atom is -0.457 e. The zero-order valence-corrected chi connectivity index (χ0v) is 17.2. The van der Waals surface area contributed by atoms with Crippen LogP contribution in [0.25, 0.3) is 0 Å². The third-order valence-electron chi connectivity index (χ3n) is 4.87. The average Bonchev–Trinajstić information content (AvgIpc) is 2.65. The van der Waals surface area contributed by atoms with Gasteiger partial charge in [0.05, 0.1) is 0 Å². The number of halogens is 2. The van der Waals surface area contributed by atoms with Crippen molar-refractivity contribution in [2.75, 3.05) is 0 Å². The van der Waals surface area contributed by atoms with Crippen molar-refractivity contribution in [2.45, 2.75) is 38.5 Å². The molecule has 0 heterocycles. The summed E-state index contributed by atoms with van der Waals surface area (Å²) in [6.45, 7) is 4.54. The van der Waals surface area contributed by atoms with Crippen LogP contribution >= 0.6 is 23.2 Å². The van der Waals surface area contributed by atoms with Crippen LogP contribution in [0.3, 0.4) is 0 Å². The van der Waals surface area contributed by atoms with Gasteiger partial charge in [-0.3, -0.25) is 0 Å². The first-order valence-electron chi connectivity index (χ1n) is 9.21. The van der Waals surface area contributed by atoms with Crippen LogP contribution in [0, 0.1) is 0 Å². The summed E-state index contributed by atoms with van der Waals surface area (Å²) >= 11 is 12.4. The highest BCUT2D eigenvalue weighted by molar-refractivity contribution is 6.31. The monoisotopic (exact) mass is 398 g/mol. The van der Waals surface area contributed by atoms with E-state index in [2.05, 4.69) is 26.0 Å². The van der Waals surface area contributed by atoms with Crippen LogP contribution in [0.5, 0.6) is 11.5 Å². The lowest BCUT2D eigenvalue weighted by Crippen LogP contribution is -2.17. The van der Waals surface area contributed by atoms with Crippen molar-refractivity contribution in [2.24, 2.45) is 0 Å². The van der Waals surface area contributed by atoms with Crippen LogP contribution < -0.4 is 4.74 Å². The Bertz CT molecular complexity index is 871. The van der Waals surface area contributed by atoms with E-state index in [0.29, 0.717) is 0 Å². The molecule has 0 bridgehead atoms. The maximum Gasteiger partial charge on any atom is 0.127 e. The molecular formula is C24H24Cl2O. The molecule has 3 aromatic carbocycles. The molecule has 1 nitrogen and oxygen atoms in total. The summed E-state index contributed by atoms with van der Waals surface area (Å²) in [5.41, 5.74) is 2.52. The summed E-state index contributed by atoms with van der Waals surface area (Å²) < 4.78 is 5.93. The SMILES string of the molecule is CC(C)(CCCc1cc(Oc2ccccc2)ccc1Cl)c1ccc(Cl)cc1. The second-order valence-corrected chi connectivity index (χ2v) is 8.26. The number of aryl methyl sites for hydroxylation is 1. The Morgan fingerprint density at radius 2 is 1.52 bits per heavy atom. The second-order valence-electron chi connectivity index (χ2n) is 7.41. The first-order chi connectivity index (χ1) is 12.9. The summed E-state index contributed by atoms with van der Waals surface area (Å²) in [6, 6.07) is 23.8. The number of rotatable bonds is 7. The van der Waals surface area contributed by atoms with E-state index in [4.69, 9.17) is 27.9 Å². The Kier molecular flexibility index (Phi) is 6.46. The summed E-state index contributed by atoms with van der Waals surface area (Å²) in [6.07, 6.45) is 3.03. The van der Waals surface area contributed by atoms with Gasteiger partial charge in [0.1, 0.15) is 11.5 Å². The molecule has 140 valence electrons. The fourth-order valence-corrected chi connectivity index (χ4v) is 3.54. The average molecular weight is 399 g/mol. The molecule has 0 aliphatic rings. The molecule has 3 rings (SSSR count). The third kappa shape index (κ3) is 5.51. The van der Waals surface area contributed by atoms with E-state index in [1.54, 1.807) is 0 Å². The molecule has 0 aliphatic heterocycles. The Balaban J connectivity index is 1.63. The standard InChI is InChI=1S/C24H24Cl2O/c1-24(2,19-10-12-20(25)13-11-19)16-6-7-18-17-22(14-15-23(18)26)27-21-8-4-3-5-9-21/h3-5,8-15,17H,6-7,16H2,1-2H3. The molecule has 0 saturated heterocycles. The Hall–Kier alpha value is -1.96. The number of ether oxygens (including phenoxy) is 1. The molecule has 0 aromatic heterocycles. The lowest BCUT2D eigenvalue weighted by molar-refractivity contribution is 0.460. The van der Waals surface area contributed by atoms with Gasteiger partial charge in [-0.15, -0.1) is 0 Å². The third-order valence-corrected chi connectivity index (χ3v) is 5.49. The molecule has 0 fully saturated rings. The normalized spacial score (nSPS) is 11.4. The Morgan fingerprint density at radius 3 is 2.22 bits per heavy atom. The highest BCUT2D eigenvalue weighted by Crippen LogP contribution is 2.32. The van der Waals surface area contributed by atoms with Crippen molar-refractivity contribution >= 4 is 23.2 Å². The van der Waals surface area contributed by atoms with Gasteiger partial charge in [0.2, 0.25) is 0 Å². The quantitative estimate of drug-likeness (QED) is 0.390. The van der Waals surface area contributed by atoms with Crippen molar-refractivity contribution in [3.63, 3.8) is 0 Å². The van der Waals surface area contributed by atoms with Gasteiger partial charge >= 0.3 is 0 Å². The molecule has 0 unspecified atom stereocenters. The predicted molar refractivity (Wildman–Crippen MR) is 115 cm³/mol. The number of hydrogen-bond acceptors (Lipinski definition) is 1. The van der Waals surface area contributed by atoms with Crippen LogP contribution in [0.4, 0.5) is 0 Å². The molecule has 0 N–H and O–H groups in total. The van der Waals surface area contributed by atoms with Crippen molar-refractivity contribution in [1.29, 1.82) is 0 Å². The molecule has 0 spiro atoms. The first kappa shape index (κ1) is 19.8. The molecule has 0 radical (unpaired) electrons. The van der Waals surface area contributed by atoms with E-state index in [1.165, 1.54) is 5.56 Å². The lowest BCUT2D eigenvalue weighted by Gasteiger charge is -2.25. The topological polar surface area (TPSA) is 9.23 Å². The molecule has 3 aromatic rings. The molecule has 3 heteroatoms. The maximum atomic E-state index is 6.41. The van der Waals surface area contributed by atoms with E-state index < -0.39 is 0 Å². The lowest BCUT2D eigenvalue weighted by atomic mass is 9.80. The molecule has 0 amide bonds. The van der Waals surface area contributed by atoms with Crippen LogP contribution in [-0.2, 0) is 11.8 Å². The molecule has 27 heavy (non-hydrogen) atoms. The minimum atomic E-state index is 0.0925. The van der Waals surface area contributed by atoms with Crippen LogP contribution in [-0.4, -0.2) is 0 Å². The predicted octanol–water partition coefficient (Wildman–Crippen LogP) is 8.09. The molecular weight excluding hydrogens is 375 g/mol. The van der Waals surface area contributed by atoms with Crippen molar-refractivity contribution in [1.82, 2.24) is 0 Å². The van der Waals surface area contributed by atoms with Gasteiger partial charge in [0, 0.05) is 10.0 Å². The molecule has 0 saturated carbocycles. The van der Waals surface area contributed by atoms with Gasteiger partial charge in [0.25, 0.3) is 0 Å². The van der Waals surface area contributed by atoms with E-state index >= 15 is 0 Å². The highest BCUT2D eigenvalue weighted by Gasteiger charge is 2.20. The fraction of sp³-hybridized carbons (Fsp3) is 0.250. The number of para-hydroxylation sites is 1. The fourth-order valence-electron chi connectivity index (χ4n) is 3.20. The van der Waals surface area contributed by atoms with Crippen molar-refractivity contribution < 1.29 is 4.74 Å². The Morgan fingerprint density at radius 1 is 0.815 bits per heavy atom. The van der Waals surface area contributed by atoms with Crippen LogP contribution in [0.1, 0.15) is 37.8 Å². The summed E-state index contributed by atoms with van der Waals surface area (Å²) in [5.74, 6) is 1.65. The van der Waals surface area contributed by atoms with E-state index in [-0.39, 0.29) is 5.41 Å². The van der Waals surface area contributed by atoms with Gasteiger partial charge in [-0.2, -0.15) is 0 Å². The summed E-state index contributed by atoms with van der Waals surface area (Å²) in [4.78, 5) is 0. The summed E-state index contributed by atoms with van der Waals surface area (Å²) in [5, 5.41) is 1.57. The van der Waals surface area contributed by atoms with Gasteiger partial charge in [-0.25, -0.2) is 0 Å². The highest BCUT2D eigenvalue weighted by atomic mass is 35.5. The molecule has 0 aliphatic carbocycles. The van der Waals surface area contributed by atoms with Crippen molar-refractivity contribution in [3.8, 4) is 11.5 Å². The van der Waals surface area contributed by atoms with Gasteiger partial charge in [0.15, 0.2) is 0 Å². The smallest absolute Gasteiger partial charge is 0.127 e. The Labute approximate surface area is 171 Å². The minimum absolute atomic E-state index is 0.0925. The zero-order chi connectivity index (χ0) is 19.3.